The number of carbonyl (C=O) groups is 1. The second-order valence-electron chi connectivity index (χ2n) is 4.41. The molecule has 0 radical (unpaired) electrons. The third-order valence-corrected chi connectivity index (χ3v) is 4.19. The summed E-state index contributed by atoms with van der Waals surface area (Å²) >= 11 is 1.71. The standard InChI is InChI=1S/C17H17NO2S/c1-2-14-9-10-15(21-14)12-18-17(20)16-8-4-3-6-13(16)7-5-11-19/h3-4,6,8-10,19H,2,11-12H2,1H3,(H,18,20). The van der Waals surface area contributed by atoms with Crippen LogP contribution in [0.4, 0.5) is 0 Å². The number of thiophene rings is 1. The molecule has 0 saturated carbocycles. The van der Waals surface area contributed by atoms with Gasteiger partial charge in [0.05, 0.1) is 12.1 Å². The molecule has 0 aliphatic rings. The Kier molecular flexibility index (Phi) is 5.56. The van der Waals surface area contributed by atoms with Crippen LogP contribution in [0.5, 0.6) is 0 Å². The normalized spacial score (nSPS) is 9.81. The maximum atomic E-state index is 12.2. The van der Waals surface area contributed by atoms with Crippen molar-refractivity contribution in [2.75, 3.05) is 6.61 Å². The number of amides is 1. The summed E-state index contributed by atoms with van der Waals surface area (Å²) in [5, 5.41) is 11.7. The summed E-state index contributed by atoms with van der Waals surface area (Å²) in [5.41, 5.74) is 1.16. The Morgan fingerprint density at radius 3 is 2.71 bits per heavy atom. The first-order chi connectivity index (χ1) is 10.2. The van der Waals surface area contributed by atoms with Crippen LogP contribution in [0.3, 0.4) is 0 Å². The molecule has 108 valence electrons. The summed E-state index contributed by atoms with van der Waals surface area (Å²) in [6.45, 7) is 2.42. The number of aryl methyl sites for hydroxylation is 1. The van der Waals surface area contributed by atoms with Crippen LogP contribution in [0.1, 0.15) is 32.6 Å². The molecule has 1 amide bonds. The Morgan fingerprint density at radius 1 is 1.24 bits per heavy atom. The van der Waals surface area contributed by atoms with Crippen molar-refractivity contribution in [1.82, 2.24) is 5.32 Å². The predicted octanol–water partition coefficient (Wildman–Crippen LogP) is 2.58. The van der Waals surface area contributed by atoms with Crippen LogP contribution >= 0.6 is 11.3 Å². The lowest BCUT2D eigenvalue weighted by molar-refractivity contribution is 0.0951. The van der Waals surface area contributed by atoms with Crippen molar-refractivity contribution in [3.05, 3.63) is 57.3 Å². The molecule has 1 aromatic heterocycles. The van der Waals surface area contributed by atoms with E-state index in [-0.39, 0.29) is 12.5 Å². The van der Waals surface area contributed by atoms with E-state index in [0.717, 1.165) is 11.3 Å². The van der Waals surface area contributed by atoms with Crippen molar-refractivity contribution in [3.8, 4) is 11.8 Å². The van der Waals surface area contributed by atoms with Crippen molar-refractivity contribution >= 4 is 17.2 Å². The molecule has 2 N–H and O–H groups in total. The number of benzene rings is 1. The van der Waals surface area contributed by atoms with Gasteiger partial charge in [-0.1, -0.05) is 30.9 Å². The number of aliphatic hydroxyl groups excluding tert-OH is 1. The zero-order chi connectivity index (χ0) is 15.1. The number of carbonyl (C=O) groups excluding carboxylic acids is 1. The van der Waals surface area contributed by atoms with Gasteiger partial charge < -0.3 is 10.4 Å². The van der Waals surface area contributed by atoms with Gasteiger partial charge in [0.15, 0.2) is 0 Å². The topological polar surface area (TPSA) is 49.3 Å². The summed E-state index contributed by atoms with van der Waals surface area (Å²) in [6.07, 6.45) is 1.01. The summed E-state index contributed by atoms with van der Waals surface area (Å²) in [5.74, 6) is 5.22. The monoisotopic (exact) mass is 299 g/mol. The number of nitrogens with one attached hydrogen (secondary N) is 1. The molecule has 0 fully saturated rings. The molecule has 2 rings (SSSR count). The smallest absolute Gasteiger partial charge is 0.252 e. The minimum absolute atomic E-state index is 0.149. The molecule has 4 heteroatoms. The summed E-state index contributed by atoms with van der Waals surface area (Å²) in [7, 11) is 0. The van der Waals surface area contributed by atoms with E-state index in [9.17, 15) is 4.79 Å². The van der Waals surface area contributed by atoms with E-state index < -0.39 is 0 Å². The molecular weight excluding hydrogens is 282 g/mol. The van der Waals surface area contributed by atoms with Crippen LogP contribution < -0.4 is 5.32 Å². The first kappa shape index (κ1) is 15.3. The molecule has 0 spiro atoms. The Hall–Kier alpha value is -2.09. The molecule has 2 aromatic rings. The maximum Gasteiger partial charge on any atom is 0.252 e. The average molecular weight is 299 g/mol. The molecule has 1 aromatic carbocycles. The average Bonchev–Trinajstić information content (AvgIpc) is 2.99. The minimum atomic E-state index is -0.217. The molecule has 0 atom stereocenters. The third-order valence-electron chi connectivity index (χ3n) is 2.96. The van der Waals surface area contributed by atoms with Gasteiger partial charge in [-0.05, 0) is 30.7 Å². The Morgan fingerprint density at radius 2 is 2.00 bits per heavy atom. The van der Waals surface area contributed by atoms with Gasteiger partial charge in [-0.25, -0.2) is 0 Å². The van der Waals surface area contributed by atoms with E-state index in [0.29, 0.717) is 17.7 Å². The Labute approximate surface area is 128 Å². The van der Waals surface area contributed by atoms with Crippen molar-refractivity contribution in [3.63, 3.8) is 0 Å². The molecule has 0 aliphatic carbocycles. The van der Waals surface area contributed by atoms with E-state index in [4.69, 9.17) is 5.11 Å². The lowest BCUT2D eigenvalue weighted by Crippen LogP contribution is -2.23. The molecule has 0 aliphatic heterocycles. The zero-order valence-electron chi connectivity index (χ0n) is 11.8. The molecule has 0 unspecified atom stereocenters. The quantitative estimate of drug-likeness (QED) is 0.853. The molecule has 3 nitrogen and oxygen atoms in total. The number of rotatable bonds is 4. The first-order valence-corrected chi connectivity index (χ1v) is 7.60. The molecule has 0 saturated heterocycles. The number of aliphatic hydroxyl groups is 1. The zero-order valence-corrected chi connectivity index (χ0v) is 12.7. The van der Waals surface area contributed by atoms with Gasteiger partial charge in [-0.15, -0.1) is 11.3 Å². The number of hydrogen-bond donors (Lipinski definition) is 2. The predicted molar refractivity (Wildman–Crippen MR) is 85.3 cm³/mol. The van der Waals surface area contributed by atoms with E-state index in [2.05, 4.69) is 30.1 Å². The second-order valence-corrected chi connectivity index (χ2v) is 5.66. The van der Waals surface area contributed by atoms with Crippen molar-refractivity contribution in [2.24, 2.45) is 0 Å². The summed E-state index contributed by atoms with van der Waals surface area (Å²) in [4.78, 5) is 14.7. The highest BCUT2D eigenvalue weighted by atomic mass is 32.1. The van der Waals surface area contributed by atoms with Crippen LogP contribution in [0.25, 0.3) is 0 Å². The minimum Gasteiger partial charge on any atom is -0.384 e. The van der Waals surface area contributed by atoms with Crippen LogP contribution in [0, 0.1) is 11.8 Å². The summed E-state index contributed by atoms with van der Waals surface area (Å²) < 4.78 is 0. The van der Waals surface area contributed by atoms with Crippen LogP contribution in [0.2, 0.25) is 0 Å². The van der Waals surface area contributed by atoms with E-state index in [1.807, 2.05) is 12.1 Å². The van der Waals surface area contributed by atoms with Gasteiger partial charge in [-0.2, -0.15) is 0 Å². The molecule has 1 heterocycles. The van der Waals surface area contributed by atoms with Crippen molar-refractivity contribution < 1.29 is 9.90 Å². The van der Waals surface area contributed by atoms with Gasteiger partial charge in [0, 0.05) is 15.3 Å². The van der Waals surface area contributed by atoms with Crippen molar-refractivity contribution in [1.29, 1.82) is 0 Å². The van der Waals surface area contributed by atoms with Crippen LogP contribution in [-0.2, 0) is 13.0 Å². The van der Waals surface area contributed by atoms with E-state index in [1.54, 1.807) is 29.5 Å². The highest BCUT2D eigenvalue weighted by molar-refractivity contribution is 7.11. The highest BCUT2D eigenvalue weighted by Crippen LogP contribution is 2.17. The largest absolute Gasteiger partial charge is 0.384 e. The highest BCUT2D eigenvalue weighted by Gasteiger charge is 2.09. The van der Waals surface area contributed by atoms with E-state index in [1.165, 1.54) is 4.88 Å². The fourth-order valence-electron chi connectivity index (χ4n) is 1.89. The fraction of sp³-hybridized carbons (Fsp3) is 0.235. The van der Waals surface area contributed by atoms with E-state index >= 15 is 0 Å². The van der Waals surface area contributed by atoms with Gasteiger partial charge in [0.2, 0.25) is 0 Å². The summed E-state index contributed by atoms with van der Waals surface area (Å²) in [6, 6.07) is 11.3. The van der Waals surface area contributed by atoms with Gasteiger partial charge in [0.1, 0.15) is 6.61 Å². The number of hydrogen-bond acceptors (Lipinski definition) is 3. The van der Waals surface area contributed by atoms with Crippen molar-refractivity contribution in [2.45, 2.75) is 19.9 Å². The lowest BCUT2D eigenvalue weighted by atomic mass is 10.1. The third kappa shape index (κ3) is 4.19. The van der Waals surface area contributed by atoms with Gasteiger partial charge in [-0.3, -0.25) is 4.79 Å². The molecular formula is C17H17NO2S. The molecule has 0 bridgehead atoms. The lowest BCUT2D eigenvalue weighted by Gasteiger charge is -2.05. The fourth-order valence-corrected chi connectivity index (χ4v) is 2.79. The second kappa shape index (κ2) is 7.63. The van der Waals surface area contributed by atoms with Crippen LogP contribution in [-0.4, -0.2) is 17.6 Å². The van der Waals surface area contributed by atoms with Gasteiger partial charge >= 0.3 is 0 Å². The Balaban J connectivity index is 2.06. The Bertz CT molecular complexity index is 679. The SMILES string of the molecule is CCc1ccc(CNC(=O)c2ccccc2C#CCO)s1. The van der Waals surface area contributed by atoms with Crippen LogP contribution in [0.15, 0.2) is 36.4 Å². The van der Waals surface area contributed by atoms with Gasteiger partial charge in [0.25, 0.3) is 5.91 Å². The first-order valence-electron chi connectivity index (χ1n) is 6.79. The molecule has 21 heavy (non-hydrogen) atoms. The maximum absolute atomic E-state index is 12.2.